The van der Waals surface area contributed by atoms with E-state index in [0.717, 1.165) is 22.7 Å². The number of carbonyl (C=O) groups excluding carboxylic acids is 1. The number of anilines is 2. The van der Waals surface area contributed by atoms with Crippen LogP contribution in [0.4, 0.5) is 20.2 Å². The third-order valence-electron chi connectivity index (χ3n) is 3.57. The Hall–Kier alpha value is -2.68. The first-order valence-corrected chi connectivity index (χ1v) is 9.39. The largest absolute Gasteiger partial charge is 0.481 e. The number of hydrogen-bond acceptors (Lipinski definition) is 4. The van der Waals surface area contributed by atoms with E-state index < -0.39 is 33.7 Å². The molecule has 0 aliphatic rings. The van der Waals surface area contributed by atoms with Gasteiger partial charge in [0.1, 0.15) is 5.75 Å². The van der Waals surface area contributed by atoms with Gasteiger partial charge in [-0.2, -0.15) is 0 Å². The lowest BCUT2D eigenvalue weighted by molar-refractivity contribution is -0.122. The minimum atomic E-state index is -3.38. The van der Waals surface area contributed by atoms with E-state index in [1.54, 1.807) is 0 Å². The van der Waals surface area contributed by atoms with Crippen molar-refractivity contribution in [3.63, 3.8) is 0 Å². The first-order valence-electron chi connectivity index (χ1n) is 7.54. The van der Waals surface area contributed by atoms with Crippen LogP contribution in [-0.4, -0.2) is 33.7 Å². The molecule has 0 saturated heterocycles. The Balaban J connectivity index is 2.01. The van der Waals surface area contributed by atoms with Gasteiger partial charge in [0.25, 0.3) is 5.91 Å². The minimum Gasteiger partial charge on any atom is -0.481 e. The van der Waals surface area contributed by atoms with Crippen LogP contribution < -0.4 is 14.4 Å². The van der Waals surface area contributed by atoms with E-state index >= 15 is 0 Å². The van der Waals surface area contributed by atoms with E-state index in [1.807, 2.05) is 0 Å². The number of nitrogens with one attached hydrogen (secondary N) is 1. The highest BCUT2D eigenvalue weighted by Gasteiger charge is 2.17. The zero-order valence-corrected chi connectivity index (χ0v) is 15.2. The molecule has 0 aromatic heterocycles. The Morgan fingerprint density at radius 3 is 2.27 bits per heavy atom. The minimum absolute atomic E-state index is 0.106. The van der Waals surface area contributed by atoms with E-state index in [9.17, 15) is 22.0 Å². The third kappa shape index (κ3) is 4.92. The van der Waals surface area contributed by atoms with E-state index in [0.29, 0.717) is 11.4 Å². The fraction of sp³-hybridized carbons (Fsp3) is 0.235. The highest BCUT2D eigenvalue weighted by Crippen LogP contribution is 2.21. The number of amides is 1. The molecule has 0 spiro atoms. The topological polar surface area (TPSA) is 75.7 Å². The van der Waals surface area contributed by atoms with E-state index in [1.165, 1.54) is 44.3 Å². The molecule has 0 bridgehead atoms. The summed E-state index contributed by atoms with van der Waals surface area (Å²) in [7, 11) is -1.96. The monoisotopic (exact) mass is 384 g/mol. The van der Waals surface area contributed by atoms with Crippen molar-refractivity contribution in [3.8, 4) is 5.75 Å². The third-order valence-corrected chi connectivity index (χ3v) is 4.77. The first kappa shape index (κ1) is 19.6. The second-order valence-electron chi connectivity index (χ2n) is 5.60. The first-order chi connectivity index (χ1) is 12.1. The Bertz CT molecular complexity index is 901. The Morgan fingerprint density at radius 2 is 1.73 bits per heavy atom. The van der Waals surface area contributed by atoms with Crippen molar-refractivity contribution in [2.24, 2.45) is 0 Å². The summed E-state index contributed by atoms with van der Waals surface area (Å²) in [5.41, 5.74) is 0.549. The van der Waals surface area contributed by atoms with Gasteiger partial charge in [-0.15, -0.1) is 0 Å². The molecule has 26 heavy (non-hydrogen) atoms. The molecule has 9 heteroatoms. The summed E-state index contributed by atoms with van der Waals surface area (Å²) in [6.07, 6.45) is 0.170. The number of halogens is 2. The zero-order chi connectivity index (χ0) is 19.5. The normalized spacial score (nSPS) is 12.3. The number of carbonyl (C=O) groups is 1. The van der Waals surface area contributed by atoms with Crippen LogP contribution in [0.5, 0.6) is 5.75 Å². The highest BCUT2D eigenvalue weighted by atomic mass is 32.2. The predicted octanol–water partition coefficient (Wildman–Crippen LogP) is 2.77. The van der Waals surface area contributed by atoms with E-state index in [2.05, 4.69) is 5.32 Å². The molecule has 2 aromatic carbocycles. The second-order valence-corrected chi connectivity index (χ2v) is 7.62. The van der Waals surface area contributed by atoms with Gasteiger partial charge in [0.15, 0.2) is 17.7 Å². The SMILES string of the molecule is C[C@H](Oc1ccc(N(C)S(C)(=O)=O)cc1)C(=O)Nc1ccc(F)c(F)c1. The number of hydrogen-bond donors (Lipinski definition) is 1. The van der Waals surface area contributed by atoms with Crippen LogP contribution >= 0.6 is 0 Å². The number of rotatable bonds is 6. The average Bonchev–Trinajstić information content (AvgIpc) is 2.57. The fourth-order valence-corrected chi connectivity index (χ4v) is 2.51. The molecule has 1 N–H and O–H groups in total. The van der Waals surface area contributed by atoms with Gasteiger partial charge in [0.05, 0.1) is 11.9 Å². The number of ether oxygens (including phenoxy) is 1. The van der Waals surface area contributed by atoms with Crippen LogP contribution in [0, 0.1) is 11.6 Å². The summed E-state index contributed by atoms with van der Waals surface area (Å²) < 4.78 is 55.6. The second kappa shape index (κ2) is 7.69. The number of sulfonamides is 1. The molecule has 2 rings (SSSR count). The van der Waals surface area contributed by atoms with Crippen LogP contribution in [0.3, 0.4) is 0 Å². The Morgan fingerprint density at radius 1 is 1.12 bits per heavy atom. The molecule has 0 unspecified atom stereocenters. The van der Waals surface area contributed by atoms with Crippen molar-refractivity contribution >= 4 is 27.3 Å². The fourth-order valence-electron chi connectivity index (χ4n) is 2.00. The molecule has 0 heterocycles. The summed E-state index contributed by atoms with van der Waals surface area (Å²) in [6, 6.07) is 9.14. The summed E-state index contributed by atoms with van der Waals surface area (Å²) in [6.45, 7) is 1.49. The molecule has 0 aliphatic heterocycles. The van der Waals surface area contributed by atoms with Crippen LogP contribution in [0.25, 0.3) is 0 Å². The van der Waals surface area contributed by atoms with Crippen LogP contribution in [-0.2, 0) is 14.8 Å². The maximum absolute atomic E-state index is 13.2. The lowest BCUT2D eigenvalue weighted by Gasteiger charge is -2.18. The van der Waals surface area contributed by atoms with Crippen molar-refractivity contribution < 1.29 is 26.7 Å². The summed E-state index contributed by atoms with van der Waals surface area (Å²) in [5, 5.41) is 2.42. The smallest absolute Gasteiger partial charge is 0.265 e. The highest BCUT2D eigenvalue weighted by molar-refractivity contribution is 7.92. The Labute approximate surface area is 150 Å². The molecule has 1 amide bonds. The van der Waals surface area contributed by atoms with E-state index in [-0.39, 0.29) is 5.69 Å². The maximum Gasteiger partial charge on any atom is 0.265 e. The molecule has 1 atom stereocenters. The molecular formula is C17H18F2N2O4S. The van der Waals surface area contributed by atoms with Gasteiger partial charge in [-0.3, -0.25) is 9.10 Å². The standard InChI is InChI=1S/C17H18F2N2O4S/c1-11(17(22)20-12-4-9-15(18)16(19)10-12)25-14-7-5-13(6-8-14)21(2)26(3,23)24/h4-11H,1-3H3,(H,20,22)/t11-/m0/s1. The molecule has 0 fully saturated rings. The van der Waals surface area contributed by atoms with Crippen molar-refractivity contribution in [2.45, 2.75) is 13.0 Å². The molecule has 0 aliphatic carbocycles. The lowest BCUT2D eigenvalue weighted by Crippen LogP contribution is -2.30. The summed E-state index contributed by atoms with van der Waals surface area (Å²) in [4.78, 5) is 12.1. The van der Waals surface area contributed by atoms with Crippen LogP contribution in [0.15, 0.2) is 42.5 Å². The van der Waals surface area contributed by atoms with Crippen molar-refractivity contribution in [1.82, 2.24) is 0 Å². The molecule has 2 aromatic rings. The predicted molar refractivity (Wildman–Crippen MR) is 94.8 cm³/mol. The van der Waals surface area contributed by atoms with Gasteiger partial charge in [-0.25, -0.2) is 17.2 Å². The van der Waals surface area contributed by atoms with Crippen LogP contribution in [0.2, 0.25) is 0 Å². The van der Waals surface area contributed by atoms with Gasteiger partial charge < -0.3 is 10.1 Å². The average molecular weight is 384 g/mol. The van der Waals surface area contributed by atoms with Crippen LogP contribution in [0.1, 0.15) is 6.92 Å². The zero-order valence-electron chi connectivity index (χ0n) is 14.4. The summed E-state index contributed by atoms with van der Waals surface area (Å²) >= 11 is 0. The maximum atomic E-state index is 13.2. The quantitative estimate of drug-likeness (QED) is 0.831. The Kier molecular flexibility index (Phi) is 5.81. The van der Waals surface area contributed by atoms with Gasteiger partial charge in [-0.05, 0) is 43.3 Å². The lowest BCUT2D eigenvalue weighted by atomic mass is 10.2. The molecular weight excluding hydrogens is 366 g/mol. The van der Waals surface area contributed by atoms with Gasteiger partial charge in [0.2, 0.25) is 10.0 Å². The molecule has 0 saturated carbocycles. The van der Waals surface area contributed by atoms with Gasteiger partial charge in [-0.1, -0.05) is 0 Å². The van der Waals surface area contributed by atoms with E-state index in [4.69, 9.17) is 4.74 Å². The van der Waals surface area contributed by atoms with Gasteiger partial charge >= 0.3 is 0 Å². The van der Waals surface area contributed by atoms with Crippen molar-refractivity contribution in [2.75, 3.05) is 22.9 Å². The van der Waals surface area contributed by atoms with Gasteiger partial charge in [0, 0.05) is 18.8 Å². The molecule has 0 radical (unpaired) electrons. The number of nitrogens with zero attached hydrogens (tertiary/aromatic N) is 1. The summed E-state index contributed by atoms with van der Waals surface area (Å²) in [5.74, 6) is -2.27. The van der Waals surface area contributed by atoms with Crippen molar-refractivity contribution in [3.05, 3.63) is 54.1 Å². The van der Waals surface area contributed by atoms with Crippen molar-refractivity contribution in [1.29, 1.82) is 0 Å². The number of benzene rings is 2. The molecule has 140 valence electrons. The molecule has 6 nitrogen and oxygen atoms in total.